The van der Waals surface area contributed by atoms with Crippen LogP contribution in [0.25, 0.3) is 16.9 Å². The topological polar surface area (TPSA) is 68.5 Å². The SMILES string of the molecule is CN(C)c1cccc(Nc2nccn3c(-c4ccc([S@@+](C)[O-])cc4)cnc23)c1. The predicted octanol–water partition coefficient (Wildman–Crippen LogP) is 3.94. The van der Waals surface area contributed by atoms with Crippen LogP contribution in [0.3, 0.4) is 0 Å². The summed E-state index contributed by atoms with van der Waals surface area (Å²) in [7, 11) is 4.02. The van der Waals surface area contributed by atoms with E-state index in [4.69, 9.17) is 0 Å². The van der Waals surface area contributed by atoms with E-state index in [-0.39, 0.29) is 0 Å². The molecule has 142 valence electrons. The van der Waals surface area contributed by atoms with Gasteiger partial charge in [0.1, 0.15) is 6.26 Å². The van der Waals surface area contributed by atoms with Crippen molar-refractivity contribution >= 4 is 34.0 Å². The van der Waals surface area contributed by atoms with Crippen molar-refractivity contribution in [2.45, 2.75) is 4.90 Å². The Bertz CT molecular complexity index is 1110. The molecule has 28 heavy (non-hydrogen) atoms. The third-order valence-electron chi connectivity index (χ3n) is 4.54. The van der Waals surface area contributed by atoms with Gasteiger partial charge in [-0.1, -0.05) is 6.07 Å². The third-order valence-corrected chi connectivity index (χ3v) is 5.47. The molecule has 0 fully saturated rings. The highest BCUT2D eigenvalue weighted by Crippen LogP contribution is 2.27. The standard InChI is InChI=1S/C21H21N5OS/c1-25(2)17-6-4-5-16(13-17)24-20-21-23-14-19(26(21)12-11-22-20)15-7-9-18(10-8-15)28(3)27/h4-14H,1-3H3,(H,22,24)/t28-/m1/s1. The molecule has 0 saturated carbocycles. The van der Waals surface area contributed by atoms with Crippen LogP contribution in [0.4, 0.5) is 17.2 Å². The van der Waals surface area contributed by atoms with Gasteiger partial charge in [0.05, 0.1) is 11.9 Å². The third kappa shape index (κ3) is 3.54. The van der Waals surface area contributed by atoms with Crippen molar-refractivity contribution in [3.8, 4) is 11.3 Å². The molecular formula is C21H21N5OS. The summed E-state index contributed by atoms with van der Waals surface area (Å²) in [5.74, 6) is 0.691. The van der Waals surface area contributed by atoms with E-state index in [1.807, 2.05) is 67.3 Å². The first-order valence-corrected chi connectivity index (χ1v) is 10.4. The summed E-state index contributed by atoms with van der Waals surface area (Å²) in [6, 6.07) is 15.8. The van der Waals surface area contributed by atoms with Crippen molar-refractivity contribution in [2.24, 2.45) is 0 Å². The smallest absolute Gasteiger partial charge is 0.180 e. The molecule has 1 N–H and O–H groups in total. The molecular weight excluding hydrogens is 370 g/mol. The number of nitrogens with zero attached hydrogens (tertiary/aromatic N) is 4. The van der Waals surface area contributed by atoms with Gasteiger partial charge in [-0.05, 0) is 53.6 Å². The lowest BCUT2D eigenvalue weighted by atomic mass is 10.2. The summed E-state index contributed by atoms with van der Waals surface area (Å²) in [6.07, 6.45) is 7.16. The van der Waals surface area contributed by atoms with E-state index in [9.17, 15) is 4.55 Å². The minimum Gasteiger partial charge on any atom is -0.612 e. The Balaban J connectivity index is 1.70. The molecule has 4 rings (SSSR count). The Morgan fingerprint density at radius 3 is 2.57 bits per heavy atom. The Morgan fingerprint density at radius 2 is 1.86 bits per heavy atom. The zero-order valence-electron chi connectivity index (χ0n) is 16.0. The quantitative estimate of drug-likeness (QED) is 0.522. The van der Waals surface area contributed by atoms with Gasteiger partial charge in [0.15, 0.2) is 16.4 Å². The van der Waals surface area contributed by atoms with Crippen molar-refractivity contribution in [1.29, 1.82) is 0 Å². The average Bonchev–Trinajstić information content (AvgIpc) is 3.13. The summed E-state index contributed by atoms with van der Waals surface area (Å²) in [4.78, 5) is 11.9. The summed E-state index contributed by atoms with van der Waals surface area (Å²) >= 11 is -0.989. The summed E-state index contributed by atoms with van der Waals surface area (Å²) in [6.45, 7) is 0. The van der Waals surface area contributed by atoms with Crippen molar-refractivity contribution in [1.82, 2.24) is 14.4 Å². The fourth-order valence-electron chi connectivity index (χ4n) is 3.04. The van der Waals surface area contributed by atoms with E-state index in [1.165, 1.54) is 0 Å². The molecule has 2 heterocycles. The van der Waals surface area contributed by atoms with Gasteiger partial charge >= 0.3 is 0 Å². The van der Waals surface area contributed by atoms with Crippen molar-refractivity contribution in [3.63, 3.8) is 0 Å². The minimum absolute atomic E-state index is 0.691. The number of aromatic nitrogens is 3. The van der Waals surface area contributed by atoms with Gasteiger partial charge in [-0.15, -0.1) is 0 Å². The van der Waals surface area contributed by atoms with Crippen LogP contribution < -0.4 is 10.2 Å². The number of nitrogens with one attached hydrogen (secondary N) is 1. The largest absolute Gasteiger partial charge is 0.612 e. The molecule has 0 spiro atoms. The van der Waals surface area contributed by atoms with Crippen LogP contribution in [0.1, 0.15) is 0 Å². The lowest BCUT2D eigenvalue weighted by Gasteiger charge is -2.14. The zero-order valence-corrected chi connectivity index (χ0v) is 16.8. The molecule has 0 radical (unpaired) electrons. The van der Waals surface area contributed by atoms with Crippen LogP contribution >= 0.6 is 0 Å². The van der Waals surface area contributed by atoms with Crippen LogP contribution in [0, 0.1) is 0 Å². The second kappa shape index (κ2) is 7.53. The summed E-state index contributed by atoms with van der Waals surface area (Å²) < 4.78 is 13.6. The molecule has 1 atom stereocenters. The average molecular weight is 392 g/mol. The monoisotopic (exact) mass is 391 g/mol. The number of fused-ring (bicyclic) bond motifs is 1. The predicted molar refractivity (Wildman–Crippen MR) is 115 cm³/mol. The molecule has 6 nitrogen and oxygen atoms in total. The highest BCUT2D eigenvalue weighted by atomic mass is 32.2. The van der Waals surface area contributed by atoms with Crippen LogP contribution in [0.5, 0.6) is 0 Å². The van der Waals surface area contributed by atoms with Crippen molar-refractivity contribution < 1.29 is 4.55 Å². The van der Waals surface area contributed by atoms with Gasteiger partial charge < -0.3 is 14.8 Å². The van der Waals surface area contributed by atoms with Gasteiger partial charge in [0.25, 0.3) is 0 Å². The highest BCUT2D eigenvalue weighted by molar-refractivity contribution is 7.90. The first-order valence-electron chi connectivity index (χ1n) is 8.83. The molecule has 2 aromatic carbocycles. The zero-order chi connectivity index (χ0) is 19.7. The fourth-order valence-corrected chi connectivity index (χ4v) is 3.56. The second-order valence-electron chi connectivity index (χ2n) is 6.66. The molecule has 0 aliphatic rings. The van der Waals surface area contributed by atoms with Crippen LogP contribution in [-0.2, 0) is 11.2 Å². The van der Waals surface area contributed by atoms with E-state index in [1.54, 1.807) is 12.5 Å². The molecule has 0 aliphatic heterocycles. The van der Waals surface area contributed by atoms with Gasteiger partial charge in [-0.3, -0.25) is 4.40 Å². The Labute approximate surface area is 167 Å². The fraction of sp³-hybridized carbons (Fsp3) is 0.143. The van der Waals surface area contributed by atoms with E-state index >= 15 is 0 Å². The summed E-state index contributed by atoms with van der Waals surface area (Å²) in [5.41, 5.74) is 4.76. The minimum atomic E-state index is -0.989. The first-order chi connectivity index (χ1) is 13.5. The molecule has 4 aromatic rings. The van der Waals surface area contributed by atoms with Crippen LogP contribution in [0.2, 0.25) is 0 Å². The molecule has 0 aliphatic carbocycles. The van der Waals surface area contributed by atoms with Crippen molar-refractivity contribution in [3.05, 3.63) is 67.1 Å². The molecule has 0 unspecified atom stereocenters. The molecule has 0 amide bonds. The Kier molecular flexibility index (Phi) is 4.93. The maximum Gasteiger partial charge on any atom is 0.180 e. The first kappa shape index (κ1) is 18.3. The number of rotatable bonds is 5. The maximum absolute atomic E-state index is 11.6. The Morgan fingerprint density at radius 1 is 1.07 bits per heavy atom. The number of hydrogen-bond donors (Lipinski definition) is 1. The van der Waals surface area contributed by atoms with E-state index in [0.717, 1.165) is 33.2 Å². The van der Waals surface area contributed by atoms with E-state index in [0.29, 0.717) is 5.82 Å². The normalized spacial score (nSPS) is 12.1. The van der Waals surface area contributed by atoms with E-state index < -0.39 is 11.2 Å². The Hall–Kier alpha value is -3.03. The van der Waals surface area contributed by atoms with Gasteiger partial charge in [-0.25, -0.2) is 9.97 Å². The molecule has 0 saturated heterocycles. The summed E-state index contributed by atoms with van der Waals surface area (Å²) in [5, 5.41) is 3.37. The maximum atomic E-state index is 11.6. The lowest BCUT2D eigenvalue weighted by Crippen LogP contribution is -2.08. The lowest BCUT2D eigenvalue weighted by molar-refractivity contribution is 0.601. The number of hydrogen-bond acceptors (Lipinski definition) is 5. The molecule has 7 heteroatoms. The van der Waals surface area contributed by atoms with Gasteiger partial charge in [-0.2, -0.15) is 0 Å². The number of anilines is 3. The van der Waals surface area contributed by atoms with Gasteiger partial charge in [0, 0.05) is 43.4 Å². The van der Waals surface area contributed by atoms with Crippen LogP contribution in [0.15, 0.2) is 72.0 Å². The molecule has 0 bridgehead atoms. The van der Waals surface area contributed by atoms with Gasteiger partial charge in [0.2, 0.25) is 0 Å². The molecule has 2 aromatic heterocycles. The highest BCUT2D eigenvalue weighted by Gasteiger charge is 2.12. The number of benzene rings is 2. The van der Waals surface area contributed by atoms with Crippen LogP contribution in [-0.4, -0.2) is 39.3 Å². The number of imidazole rings is 1. The van der Waals surface area contributed by atoms with Crippen molar-refractivity contribution in [2.75, 3.05) is 30.6 Å². The van der Waals surface area contributed by atoms with E-state index in [2.05, 4.69) is 32.3 Å². The second-order valence-corrected chi connectivity index (χ2v) is 8.04.